The molecule has 0 saturated heterocycles. The van der Waals surface area contributed by atoms with Crippen LogP contribution in [0.25, 0.3) is 10.9 Å². The van der Waals surface area contributed by atoms with Gasteiger partial charge in [0.2, 0.25) is 10.0 Å². The van der Waals surface area contributed by atoms with Crippen molar-refractivity contribution in [3.05, 3.63) is 59.3 Å². The molecule has 0 aliphatic rings. The molecule has 1 aromatic heterocycles. The van der Waals surface area contributed by atoms with Gasteiger partial charge in [-0.3, -0.25) is 9.78 Å². The summed E-state index contributed by atoms with van der Waals surface area (Å²) in [5.41, 5.74) is 3.30. The number of hydrogen-bond acceptors (Lipinski definition) is 5. The summed E-state index contributed by atoms with van der Waals surface area (Å²) in [6.45, 7) is 3.87. The number of amides is 1. The van der Waals surface area contributed by atoms with Crippen LogP contribution in [0.15, 0.2) is 47.4 Å². The lowest BCUT2D eigenvalue weighted by Crippen LogP contribution is -2.23. The Labute approximate surface area is 176 Å². The first-order chi connectivity index (χ1) is 14.2. The summed E-state index contributed by atoms with van der Waals surface area (Å²) < 4.78 is 31.6. The average Bonchev–Trinajstić information content (AvgIpc) is 2.72. The number of nitrogens with zero attached hydrogens (tertiary/aromatic N) is 2. The monoisotopic (exact) mass is 427 g/mol. The van der Waals surface area contributed by atoms with Crippen molar-refractivity contribution in [3.8, 4) is 5.75 Å². The van der Waals surface area contributed by atoms with E-state index >= 15 is 0 Å². The SMILES string of the molecule is CCc1nc2ccccc2c(C(=O)Nc2ccc(OC)c(S(=O)(=O)N(C)C)c2)c1C. The van der Waals surface area contributed by atoms with Crippen molar-refractivity contribution in [3.63, 3.8) is 0 Å². The van der Waals surface area contributed by atoms with Gasteiger partial charge in [0.25, 0.3) is 5.91 Å². The molecule has 3 aromatic rings. The number of aromatic nitrogens is 1. The zero-order chi connectivity index (χ0) is 22.1. The zero-order valence-electron chi connectivity index (χ0n) is 17.7. The number of anilines is 1. The number of methoxy groups -OCH3 is 1. The molecule has 0 unspecified atom stereocenters. The van der Waals surface area contributed by atoms with Crippen molar-refractivity contribution in [2.45, 2.75) is 25.2 Å². The highest BCUT2D eigenvalue weighted by molar-refractivity contribution is 7.89. The summed E-state index contributed by atoms with van der Waals surface area (Å²) >= 11 is 0. The van der Waals surface area contributed by atoms with Crippen LogP contribution in [0.4, 0.5) is 5.69 Å². The topological polar surface area (TPSA) is 88.6 Å². The number of pyridine rings is 1. The molecule has 1 heterocycles. The molecular weight excluding hydrogens is 402 g/mol. The van der Waals surface area contributed by atoms with Gasteiger partial charge in [-0.15, -0.1) is 0 Å². The molecule has 1 N–H and O–H groups in total. The molecular formula is C22H25N3O4S. The molecule has 0 aliphatic heterocycles. The lowest BCUT2D eigenvalue weighted by Gasteiger charge is -2.17. The highest BCUT2D eigenvalue weighted by atomic mass is 32.2. The van der Waals surface area contributed by atoms with Gasteiger partial charge in [-0.2, -0.15) is 0 Å². The summed E-state index contributed by atoms with van der Waals surface area (Å²) in [5.74, 6) is -0.111. The number of nitrogens with one attached hydrogen (secondary N) is 1. The van der Waals surface area contributed by atoms with Crippen molar-refractivity contribution >= 4 is 32.5 Å². The number of sulfonamides is 1. The third-order valence-electron chi connectivity index (χ3n) is 4.98. The Morgan fingerprint density at radius 3 is 2.50 bits per heavy atom. The van der Waals surface area contributed by atoms with Crippen LogP contribution in [0.2, 0.25) is 0 Å². The van der Waals surface area contributed by atoms with Gasteiger partial charge in [0, 0.05) is 30.9 Å². The van der Waals surface area contributed by atoms with Crippen LogP contribution in [0, 0.1) is 6.92 Å². The molecule has 2 aromatic carbocycles. The number of fused-ring (bicyclic) bond motifs is 1. The largest absolute Gasteiger partial charge is 0.495 e. The highest BCUT2D eigenvalue weighted by Gasteiger charge is 2.24. The molecule has 0 radical (unpaired) electrons. The first-order valence-corrected chi connectivity index (χ1v) is 10.9. The van der Waals surface area contributed by atoms with E-state index < -0.39 is 10.0 Å². The fraction of sp³-hybridized carbons (Fsp3) is 0.273. The summed E-state index contributed by atoms with van der Waals surface area (Å²) in [6.07, 6.45) is 0.699. The number of carbonyl (C=O) groups is 1. The van der Waals surface area contributed by atoms with Crippen molar-refractivity contribution in [1.82, 2.24) is 9.29 Å². The van der Waals surface area contributed by atoms with Gasteiger partial charge in [-0.05, 0) is 43.2 Å². The predicted octanol–water partition coefficient (Wildman–Crippen LogP) is 3.62. The fourth-order valence-corrected chi connectivity index (χ4v) is 4.42. The number of aryl methyl sites for hydroxylation is 1. The van der Waals surface area contributed by atoms with Gasteiger partial charge in [0.05, 0.1) is 18.2 Å². The zero-order valence-corrected chi connectivity index (χ0v) is 18.5. The Bertz CT molecular complexity index is 1220. The summed E-state index contributed by atoms with van der Waals surface area (Å²) in [7, 11) is 0.541. The van der Waals surface area contributed by atoms with E-state index in [9.17, 15) is 13.2 Å². The average molecular weight is 428 g/mol. The minimum absolute atomic E-state index is 0.0154. The molecule has 8 heteroatoms. The Morgan fingerprint density at radius 2 is 1.87 bits per heavy atom. The molecule has 0 spiro atoms. The normalized spacial score (nSPS) is 11.7. The molecule has 158 valence electrons. The molecule has 7 nitrogen and oxygen atoms in total. The maximum Gasteiger partial charge on any atom is 0.256 e. The predicted molar refractivity (Wildman–Crippen MR) is 118 cm³/mol. The number of ether oxygens (including phenoxy) is 1. The first kappa shape index (κ1) is 21.7. The molecule has 0 aliphatic carbocycles. The van der Waals surface area contributed by atoms with Crippen LogP contribution in [0.1, 0.15) is 28.5 Å². The van der Waals surface area contributed by atoms with Gasteiger partial charge >= 0.3 is 0 Å². The van der Waals surface area contributed by atoms with Crippen LogP contribution < -0.4 is 10.1 Å². The molecule has 0 bridgehead atoms. The van der Waals surface area contributed by atoms with E-state index in [1.807, 2.05) is 38.1 Å². The first-order valence-electron chi connectivity index (χ1n) is 9.50. The lowest BCUT2D eigenvalue weighted by molar-refractivity contribution is 0.102. The highest BCUT2D eigenvalue weighted by Crippen LogP contribution is 2.30. The van der Waals surface area contributed by atoms with Crippen LogP contribution in [-0.2, 0) is 16.4 Å². The van der Waals surface area contributed by atoms with E-state index in [-0.39, 0.29) is 16.6 Å². The van der Waals surface area contributed by atoms with E-state index in [1.165, 1.54) is 33.3 Å². The number of rotatable bonds is 6. The van der Waals surface area contributed by atoms with Gasteiger partial charge in [-0.1, -0.05) is 25.1 Å². The molecule has 0 saturated carbocycles. The van der Waals surface area contributed by atoms with Crippen molar-refractivity contribution < 1.29 is 17.9 Å². The molecule has 0 fully saturated rings. The molecule has 0 atom stereocenters. The summed E-state index contributed by atoms with van der Waals surface area (Å²) in [5, 5.41) is 3.59. The van der Waals surface area contributed by atoms with Crippen LogP contribution in [0.5, 0.6) is 5.75 Å². The van der Waals surface area contributed by atoms with Gasteiger partial charge in [0.15, 0.2) is 0 Å². The quantitative estimate of drug-likeness (QED) is 0.649. The Hall–Kier alpha value is -2.97. The number of carbonyl (C=O) groups excluding carboxylic acids is 1. The van der Waals surface area contributed by atoms with Crippen LogP contribution in [0.3, 0.4) is 0 Å². The Kier molecular flexibility index (Phi) is 6.09. The van der Waals surface area contributed by atoms with E-state index in [4.69, 9.17) is 4.74 Å². The maximum atomic E-state index is 13.2. The Balaban J connectivity index is 2.09. The van der Waals surface area contributed by atoms with Gasteiger partial charge < -0.3 is 10.1 Å². The standard InChI is InChI=1S/C22H25N3O4S/c1-6-17-14(2)21(16-9-7-8-10-18(16)24-17)22(26)23-15-11-12-19(29-5)20(13-15)30(27,28)25(3)4/h7-13H,6H2,1-5H3,(H,23,26). The summed E-state index contributed by atoms with van der Waals surface area (Å²) in [6, 6.07) is 12.0. The van der Waals surface area contributed by atoms with Crippen molar-refractivity contribution in [2.24, 2.45) is 0 Å². The molecule has 30 heavy (non-hydrogen) atoms. The Morgan fingerprint density at radius 1 is 1.17 bits per heavy atom. The van der Waals surface area contributed by atoms with Gasteiger partial charge in [-0.25, -0.2) is 12.7 Å². The maximum absolute atomic E-state index is 13.2. The van der Waals surface area contributed by atoms with Crippen molar-refractivity contribution in [2.75, 3.05) is 26.5 Å². The number of benzene rings is 2. The minimum Gasteiger partial charge on any atom is -0.495 e. The third kappa shape index (κ3) is 3.88. The number of para-hydroxylation sites is 1. The lowest BCUT2D eigenvalue weighted by atomic mass is 9.99. The second kappa shape index (κ2) is 8.41. The van der Waals surface area contributed by atoms with Crippen LogP contribution in [-0.4, -0.2) is 44.8 Å². The minimum atomic E-state index is -3.75. The molecule has 3 rings (SSSR count). The molecule has 1 amide bonds. The summed E-state index contributed by atoms with van der Waals surface area (Å²) in [4.78, 5) is 17.9. The van der Waals surface area contributed by atoms with E-state index in [2.05, 4.69) is 10.3 Å². The second-order valence-electron chi connectivity index (χ2n) is 7.04. The third-order valence-corrected chi connectivity index (χ3v) is 6.82. The fourth-order valence-electron chi connectivity index (χ4n) is 3.34. The van der Waals surface area contributed by atoms with E-state index in [1.54, 1.807) is 6.07 Å². The van der Waals surface area contributed by atoms with Crippen LogP contribution >= 0.6 is 0 Å². The van der Waals surface area contributed by atoms with E-state index in [0.29, 0.717) is 17.7 Å². The number of hydrogen-bond donors (Lipinski definition) is 1. The smallest absolute Gasteiger partial charge is 0.256 e. The second-order valence-corrected chi connectivity index (χ2v) is 9.16. The van der Waals surface area contributed by atoms with Gasteiger partial charge in [0.1, 0.15) is 10.6 Å². The van der Waals surface area contributed by atoms with E-state index in [0.717, 1.165) is 26.5 Å². The van der Waals surface area contributed by atoms with Crippen molar-refractivity contribution in [1.29, 1.82) is 0 Å².